The Morgan fingerprint density at radius 2 is 1.72 bits per heavy atom. The van der Waals surface area contributed by atoms with E-state index >= 15 is 0 Å². The number of fused-ring (bicyclic) bond motifs is 1. The third-order valence-electron chi connectivity index (χ3n) is 5.51. The molecule has 0 saturated carbocycles. The molecule has 1 aromatic heterocycles. The van der Waals surface area contributed by atoms with E-state index in [1.54, 1.807) is 12.1 Å². The number of hydrogen-bond acceptors (Lipinski definition) is 4. The number of sulfonamides is 1. The molecular weight excluding hydrogens is 489 g/mol. The van der Waals surface area contributed by atoms with Crippen molar-refractivity contribution < 1.29 is 13.2 Å². The summed E-state index contributed by atoms with van der Waals surface area (Å²) in [7, 11) is -3.56. The van der Waals surface area contributed by atoms with Gasteiger partial charge >= 0.3 is 0 Å². The molecule has 2 heterocycles. The van der Waals surface area contributed by atoms with Crippen LogP contribution >= 0.6 is 34.5 Å². The Kier molecular flexibility index (Phi) is 7.07. The first-order valence-corrected chi connectivity index (χ1v) is 13.5. The van der Waals surface area contributed by atoms with Gasteiger partial charge in [-0.15, -0.1) is 0 Å². The fourth-order valence-corrected chi connectivity index (χ4v) is 7.25. The molecule has 2 aromatic carbocycles. The molecule has 0 atom stereocenters. The van der Waals surface area contributed by atoms with E-state index in [0.29, 0.717) is 40.0 Å². The minimum absolute atomic E-state index is 0.197. The van der Waals surface area contributed by atoms with Crippen molar-refractivity contribution in [2.24, 2.45) is 4.99 Å². The van der Waals surface area contributed by atoms with Gasteiger partial charge in [0.25, 0.3) is 5.91 Å². The van der Waals surface area contributed by atoms with Gasteiger partial charge in [0.15, 0.2) is 4.80 Å². The van der Waals surface area contributed by atoms with Gasteiger partial charge in [-0.3, -0.25) is 4.79 Å². The number of amides is 1. The van der Waals surface area contributed by atoms with Crippen LogP contribution in [0.25, 0.3) is 10.2 Å². The maximum atomic E-state index is 12.9. The maximum absolute atomic E-state index is 12.9. The Labute approximate surface area is 201 Å². The molecule has 170 valence electrons. The summed E-state index contributed by atoms with van der Waals surface area (Å²) >= 11 is 13.8. The highest BCUT2D eigenvalue weighted by atomic mass is 35.5. The third-order valence-corrected chi connectivity index (χ3v) is 8.96. The van der Waals surface area contributed by atoms with Crippen LogP contribution in [0.1, 0.15) is 43.0 Å². The first-order chi connectivity index (χ1) is 15.3. The molecule has 0 aliphatic carbocycles. The molecule has 1 aliphatic rings. The number of carbonyl (C=O) groups is 1. The summed E-state index contributed by atoms with van der Waals surface area (Å²) in [5, 5.41) is 1.02. The third kappa shape index (κ3) is 4.65. The second-order valence-corrected chi connectivity index (χ2v) is 11.4. The van der Waals surface area contributed by atoms with Gasteiger partial charge in [0, 0.05) is 30.2 Å². The fourth-order valence-electron chi connectivity index (χ4n) is 3.86. The standard InChI is InChI=1S/C22H23Cl2N3O3S2/c1-2-27-20-18(24)13-16(23)14-19(20)31-22(27)25-21(28)15-7-9-17(10-8-15)32(29,30)26-11-5-3-4-6-12-26/h7-10,13-14H,2-6,11-12H2,1H3. The molecule has 3 aromatic rings. The summed E-state index contributed by atoms with van der Waals surface area (Å²) in [6.07, 6.45) is 3.84. The molecule has 0 bridgehead atoms. The number of aryl methyl sites for hydroxylation is 1. The second kappa shape index (κ2) is 9.65. The first kappa shape index (κ1) is 23.4. The number of thiazole rings is 1. The van der Waals surface area contributed by atoms with Crippen molar-refractivity contribution >= 4 is 60.7 Å². The number of hydrogen-bond donors (Lipinski definition) is 0. The summed E-state index contributed by atoms with van der Waals surface area (Å²) in [6, 6.07) is 9.47. The molecule has 0 radical (unpaired) electrons. The lowest BCUT2D eigenvalue weighted by Crippen LogP contribution is -2.31. The Morgan fingerprint density at radius 1 is 1.06 bits per heavy atom. The van der Waals surface area contributed by atoms with Crippen molar-refractivity contribution in [1.29, 1.82) is 0 Å². The van der Waals surface area contributed by atoms with Crippen LogP contribution in [0.15, 0.2) is 46.3 Å². The predicted molar refractivity (Wildman–Crippen MR) is 129 cm³/mol. The van der Waals surface area contributed by atoms with Crippen molar-refractivity contribution in [3.05, 3.63) is 56.8 Å². The van der Waals surface area contributed by atoms with Gasteiger partial charge in [-0.05, 0) is 56.2 Å². The second-order valence-electron chi connectivity index (χ2n) is 7.62. The normalized spacial score (nSPS) is 16.4. The van der Waals surface area contributed by atoms with Gasteiger partial charge in [-0.1, -0.05) is 47.4 Å². The van der Waals surface area contributed by atoms with Gasteiger partial charge in [0.05, 0.1) is 20.1 Å². The van der Waals surface area contributed by atoms with Gasteiger partial charge in [0.2, 0.25) is 10.0 Å². The molecule has 1 aliphatic heterocycles. The first-order valence-electron chi connectivity index (χ1n) is 10.5. The molecule has 4 rings (SSSR count). The molecule has 1 fully saturated rings. The Bertz CT molecular complexity index is 1320. The predicted octanol–water partition coefficient (Wildman–Crippen LogP) is 5.34. The van der Waals surface area contributed by atoms with Crippen LogP contribution in [0.5, 0.6) is 0 Å². The monoisotopic (exact) mass is 511 g/mol. The highest BCUT2D eigenvalue weighted by Gasteiger charge is 2.25. The SMILES string of the molecule is CCn1c(=NC(=O)c2ccc(S(=O)(=O)N3CCCCCC3)cc2)sc2cc(Cl)cc(Cl)c21. The lowest BCUT2D eigenvalue weighted by molar-refractivity contribution is 0.0997. The maximum Gasteiger partial charge on any atom is 0.279 e. The van der Waals surface area contributed by atoms with E-state index in [0.717, 1.165) is 35.9 Å². The van der Waals surface area contributed by atoms with Gasteiger partial charge in [-0.2, -0.15) is 9.30 Å². The van der Waals surface area contributed by atoms with Crippen LogP contribution in [-0.2, 0) is 16.6 Å². The number of benzene rings is 2. The van der Waals surface area contributed by atoms with Crippen molar-refractivity contribution in [2.45, 2.75) is 44.0 Å². The van der Waals surface area contributed by atoms with Gasteiger partial charge in [0.1, 0.15) is 0 Å². The number of rotatable bonds is 4. The van der Waals surface area contributed by atoms with E-state index in [4.69, 9.17) is 23.2 Å². The molecule has 6 nitrogen and oxygen atoms in total. The molecule has 1 saturated heterocycles. The highest BCUT2D eigenvalue weighted by molar-refractivity contribution is 7.89. The summed E-state index contributed by atoms with van der Waals surface area (Å²) in [6.45, 7) is 3.60. The van der Waals surface area contributed by atoms with Crippen LogP contribution in [0.3, 0.4) is 0 Å². The zero-order chi connectivity index (χ0) is 22.9. The Hall–Kier alpha value is -1.71. The average Bonchev–Trinajstić information content (AvgIpc) is 2.92. The van der Waals surface area contributed by atoms with E-state index < -0.39 is 15.9 Å². The molecular formula is C22H23Cl2N3O3S2. The lowest BCUT2D eigenvalue weighted by atomic mass is 10.2. The van der Waals surface area contributed by atoms with Crippen LogP contribution in [-0.4, -0.2) is 36.3 Å². The Balaban J connectivity index is 1.65. The molecule has 32 heavy (non-hydrogen) atoms. The smallest absolute Gasteiger partial charge is 0.279 e. The Morgan fingerprint density at radius 3 is 2.34 bits per heavy atom. The number of nitrogens with zero attached hydrogens (tertiary/aromatic N) is 3. The molecule has 1 amide bonds. The molecule has 0 N–H and O–H groups in total. The van der Waals surface area contributed by atoms with Gasteiger partial charge in [-0.25, -0.2) is 8.42 Å². The number of halogens is 2. The molecule has 10 heteroatoms. The highest BCUT2D eigenvalue weighted by Crippen LogP contribution is 2.29. The minimum atomic E-state index is -3.56. The van der Waals surface area contributed by atoms with Crippen LogP contribution in [0.4, 0.5) is 0 Å². The van der Waals surface area contributed by atoms with Gasteiger partial charge < -0.3 is 4.57 Å². The minimum Gasteiger partial charge on any atom is -0.315 e. The molecule has 0 unspecified atom stereocenters. The summed E-state index contributed by atoms with van der Waals surface area (Å²) in [5.74, 6) is -0.445. The van der Waals surface area contributed by atoms with Crippen molar-refractivity contribution in [3.8, 4) is 0 Å². The lowest BCUT2D eigenvalue weighted by Gasteiger charge is -2.19. The number of aromatic nitrogens is 1. The summed E-state index contributed by atoms with van der Waals surface area (Å²) in [4.78, 5) is 17.8. The van der Waals surface area contributed by atoms with Crippen molar-refractivity contribution in [2.75, 3.05) is 13.1 Å². The van der Waals surface area contributed by atoms with E-state index in [-0.39, 0.29) is 4.90 Å². The largest absolute Gasteiger partial charge is 0.315 e. The van der Waals surface area contributed by atoms with Crippen molar-refractivity contribution in [3.63, 3.8) is 0 Å². The van der Waals surface area contributed by atoms with Crippen LogP contribution in [0.2, 0.25) is 10.0 Å². The van der Waals surface area contributed by atoms with E-state index in [1.165, 1.54) is 39.9 Å². The zero-order valence-corrected chi connectivity index (χ0v) is 20.7. The number of carbonyl (C=O) groups excluding carboxylic acids is 1. The zero-order valence-electron chi connectivity index (χ0n) is 17.6. The van der Waals surface area contributed by atoms with E-state index in [1.807, 2.05) is 11.5 Å². The van der Waals surface area contributed by atoms with Crippen molar-refractivity contribution in [1.82, 2.24) is 8.87 Å². The van der Waals surface area contributed by atoms with E-state index in [2.05, 4.69) is 4.99 Å². The molecule has 0 spiro atoms. The summed E-state index contributed by atoms with van der Waals surface area (Å²) < 4.78 is 30.1. The quantitative estimate of drug-likeness (QED) is 0.474. The fraction of sp³-hybridized carbons (Fsp3) is 0.364. The van der Waals surface area contributed by atoms with Crippen LogP contribution < -0.4 is 4.80 Å². The average molecular weight is 512 g/mol. The topological polar surface area (TPSA) is 71.7 Å². The summed E-state index contributed by atoms with van der Waals surface area (Å²) in [5.41, 5.74) is 1.11. The van der Waals surface area contributed by atoms with E-state index in [9.17, 15) is 13.2 Å². The van der Waals surface area contributed by atoms with Crippen LogP contribution in [0, 0.1) is 0 Å².